The van der Waals surface area contributed by atoms with Gasteiger partial charge in [-0.2, -0.15) is 4.98 Å². The van der Waals surface area contributed by atoms with Gasteiger partial charge in [0.15, 0.2) is 0 Å². The van der Waals surface area contributed by atoms with Crippen molar-refractivity contribution in [3.05, 3.63) is 57.4 Å². The lowest BCUT2D eigenvalue weighted by Crippen LogP contribution is -2.34. The van der Waals surface area contributed by atoms with E-state index in [1.807, 2.05) is 0 Å². The summed E-state index contributed by atoms with van der Waals surface area (Å²) in [6, 6.07) is 6.04. The van der Waals surface area contributed by atoms with Crippen molar-refractivity contribution in [3.63, 3.8) is 0 Å². The number of fused-ring (bicyclic) bond motifs is 1. The lowest BCUT2D eigenvalue weighted by atomic mass is 9.97. The highest BCUT2D eigenvalue weighted by molar-refractivity contribution is 7.99. The van der Waals surface area contributed by atoms with Gasteiger partial charge >= 0.3 is 5.69 Å². The maximum absolute atomic E-state index is 13.0. The molecule has 6 nitrogen and oxygen atoms in total. The van der Waals surface area contributed by atoms with Gasteiger partial charge in [0.2, 0.25) is 5.91 Å². The predicted molar refractivity (Wildman–Crippen MR) is 113 cm³/mol. The number of hydrogen-bond donors (Lipinski definition) is 1. The van der Waals surface area contributed by atoms with Crippen LogP contribution >= 0.6 is 11.8 Å². The second kappa shape index (κ2) is 9.75. The molecule has 30 heavy (non-hydrogen) atoms. The summed E-state index contributed by atoms with van der Waals surface area (Å²) in [6.07, 6.45) is 5.98. The fourth-order valence-electron chi connectivity index (χ4n) is 4.04. The van der Waals surface area contributed by atoms with Crippen molar-refractivity contribution < 1.29 is 13.9 Å². The molecule has 1 atom stereocenters. The summed E-state index contributed by atoms with van der Waals surface area (Å²) >= 11 is 1.32. The Morgan fingerprint density at radius 1 is 1.23 bits per heavy atom. The van der Waals surface area contributed by atoms with Crippen LogP contribution in [0.15, 0.2) is 34.1 Å². The molecule has 1 saturated heterocycles. The maximum Gasteiger partial charge on any atom is 0.348 e. The van der Waals surface area contributed by atoms with E-state index in [0.29, 0.717) is 18.1 Å². The first-order chi connectivity index (χ1) is 14.6. The molecule has 1 aliphatic heterocycles. The van der Waals surface area contributed by atoms with Gasteiger partial charge in [-0.15, -0.1) is 0 Å². The fourth-order valence-corrected chi connectivity index (χ4v) is 4.94. The highest BCUT2D eigenvalue weighted by atomic mass is 32.2. The summed E-state index contributed by atoms with van der Waals surface area (Å²) < 4.78 is 20.5. The van der Waals surface area contributed by atoms with Crippen LogP contribution in [0.5, 0.6) is 0 Å². The van der Waals surface area contributed by atoms with E-state index in [-0.39, 0.29) is 29.3 Å². The molecule has 0 spiro atoms. The molecule has 0 radical (unpaired) electrons. The van der Waals surface area contributed by atoms with Crippen LogP contribution in [-0.4, -0.2) is 33.9 Å². The molecular weight excluding hydrogens is 405 g/mol. The number of thioether (sulfide) groups is 1. The lowest BCUT2D eigenvalue weighted by Gasteiger charge is -2.24. The molecule has 8 heteroatoms. The first kappa shape index (κ1) is 21.1. The van der Waals surface area contributed by atoms with Crippen LogP contribution in [0, 0.1) is 5.82 Å². The van der Waals surface area contributed by atoms with Crippen LogP contribution in [-0.2, 0) is 35.5 Å². The van der Waals surface area contributed by atoms with Gasteiger partial charge in [-0.1, -0.05) is 23.9 Å². The van der Waals surface area contributed by atoms with Crippen LogP contribution in [0.2, 0.25) is 0 Å². The predicted octanol–water partition coefficient (Wildman–Crippen LogP) is 2.85. The van der Waals surface area contributed by atoms with Crippen LogP contribution < -0.4 is 11.0 Å². The van der Waals surface area contributed by atoms with Crippen molar-refractivity contribution in [2.75, 3.05) is 12.4 Å². The Morgan fingerprint density at radius 2 is 2.03 bits per heavy atom. The standard InChI is InChI=1S/C22H26FN3O3S/c23-16-9-7-15(8-10-16)12-24-20(27)14-30-21-18-5-1-2-6-19(18)26(22(28)25-21)13-17-4-3-11-29-17/h7-10,17H,1-6,11-14H2,(H,24,27). The Bertz CT molecular complexity index is 955. The quantitative estimate of drug-likeness (QED) is 0.539. The molecule has 160 valence electrons. The molecule has 2 aromatic rings. The van der Waals surface area contributed by atoms with Crippen LogP contribution in [0.3, 0.4) is 0 Å². The Balaban J connectivity index is 1.42. The van der Waals surface area contributed by atoms with Crippen LogP contribution in [0.25, 0.3) is 0 Å². The number of carbonyl (C=O) groups excluding carboxylic acids is 1. The van der Waals surface area contributed by atoms with Crippen LogP contribution in [0.1, 0.15) is 42.5 Å². The summed E-state index contributed by atoms with van der Waals surface area (Å²) in [5.74, 6) is -0.250. The van der Waals surface area contributed by atoms with E-state index in [2.05, 4.69) is 10.3 Å². The Labute approximate surface area is 179 Å². The SMILES string of the molecule is O=C(CSc1nc(=O)n(CC2CCCO2)c2c1CCCC2)NCc1ccc(F)cc1. The number of aromatic nitrogens is 2. The monoisotopic (exact) mass is 431 g/mol. The molecule has 1 N–H and O–H groups in total. The molecular formula is C22H26FN3O3S. The van der Waals surface area contributed by atoms with Gasteiger partial charge in [-0.25, -0.2) is 9.18 Å². The van der Waals surface area contributed by atoms with Crippen LogP contribution in [0.4, 0.5) is 4.39 Å². The lowest BCUT2D eigenvalue weighted by molar-refractivity contribution is -0.118. The number of nitrogens with one attached hydrogen (secondary N) is 1. The minimum absolute atomic E-state index is 0.0891. The Morgan fingerprint density at radius 3 is 2.80 bits per heavy atom. The average molecular weight is 432 g/mol. The minimum atomic E-state index is -0.300. The summed E-state index contributed by atoms with van der Waals surface area (Å²) in [5, 5.41) is 3.51. The van der Waals surface area contributed by atoms with Crippen molar-refractivity contribution >= 4 is 17.7 Å². The molecule has 2 heterocycles. The number of nitrogens with zero attached hydrogens (tertiary/aromatic N) is 2. The third kappa shape index (κ3) is 5.10. The van der Waals surface area contributed by atoms with Crippen molar-refractivity contribution in [1.29, 1.82) is 0 Å². The maximum atomic E-state index is 13.0. The van der Waals surface area contributed by atoms with Gasteiger partial charge in [0, 0.05) is 24.4 Å². The summed E-state index contributed by atoms with van der Waals surface area (Å²) in [5.41, 5.74) is 2.75. The Kier molecular flexibility index (Phi) is 6.84. The highest BCUT2D eigenvalue weighted by Gasteiger charge is 2.24. The number of ether oxygens (including phenoxy) is 1. The molecule has 1 unspecified atom stereocenters. The molecule has 1 amide bonds. The first-order valence-corrected chi connectivity index (χ1v) is 11.5. The summed E-state index contributed by atoms with van der Waals surface area (Å²) in [4.78, 5) is 29.3. The molecule has 2 aliphatic rings. The van der Waals surface area contributed by atoms with Gasteiger partial charge in [0.1, 0.15) is 10.8 Å². The smallest absolute Gasteiger partial charge is 0.348 e. The Hall–Kier alpha value is -2.19. The van der Waals surface area contributed by atoms with Gasteiger partial charge in [0.05, 0.1) is 18.4 Å². The van der Waals surface area contributed by atoms with E-state index in [4.69, 9.17) is 4.74 Å². The second-order valence-electron chi connectivity index (χ2n) is 7.77. The summed E-state index contributed by atoms with van der Waals surface area (Å²) in [7, 11) is 0. The van der Waals surface area contributed by atoms with Gasteiger partial charge in [-0.3, -0.25) is 9.36 Å². The molecule has 1 aliphatic carbocycles. The molecule has 1 aromatic carbocycles. The number of rotatable bonds is 7. The molecule has 0 bridgehead atoms. The molecule has 0 saturated carbocycles. The van der Waals surface area contributed by atoms with Crippen molar-refractivity contribution in [2.45, 2.75) is 62.7 Å². The van der Waals surface area contributed by atoms with Crippen molar-refractivity contribution in [3.8, 4) is 0 Å². The summed E-state index contributed by atoms with van der Waals surface area (Å²) in [6.45, 7) is 1.67. The highest BCUT2D eigenvalue weighted by Crippen LogP contribution is 2.29. The van der Waals surface area contributed by atoms with E-state index < -0.39 is 0 Å². The van der Waals surface area contributed by atoms with Gasteiger partial charge in [0.25, 0.3) is 0 Å². The zero-order chi connectivity index (χ0) is 20.9. The van der Waals surface area contributed by atoms with E-state index in [1.54, 1.807) is 16.7 Å². The molecule has 4 rings (SSSR count). The number of amides is 1. The number of halogens is 1. The largest absolute Gasteiger partial charge is 0.376 e. The van der Waals surface area contributed by atoms with E-state index >= 15 is 0 Å². The number of hydrogen-bond acceptors (Lipinski definition) is 5. The average Bonchev–Trinajstić information content (AvgIpc) is 3.27. The third-order valence-corrected chi connectivity index (χ3v) is 6.62. The second-order valence-corrected chi connectivity index (χ2v) is 8.73. The zero-order valence-electron chi connectivity index (χ0n) is 16.9. The van der Waals surface area contributed by atoms with E-state index in [9.17, 15) is 14.0 Å². The van der Waals surface area contributed by atoms with Crippen molar-refractivity contribution in [2.24, 2.45) is 0 Å². The molecule has 1 fully saturated rings. The normalized spacial score (nSPS) is 18.2. The minimum Gasteiger partial charge on any atom is -0.376 e. The first-order valence-electron chi connectivity index (χ1n) is 10.5. The van der Waals surface area contributed by atoms with Gasteiger partial charge < -0.3 is 10.1 Å². The fraction of sp³-hybridized carbons (Fsp3) is 0.500. The topological polar surface area (TPSA) is 73.2 Å². The van der Waals surface area contributed by atoms with Gasteiger partial charge in [-0.05, 0) is 56.2 Å². The third-order valence-electron chi connectivity index (χ3n) is 5.60. The number of benzene rings is 1. The zero-order valence-corrected chi connectivity index (χ0v) is 17.7. The molecule has 1 aromatic heterocycles. The van der Waals surface area contributed by atoms with Crippen molar-refractivity contribution in [1.82, 2.24) is 14.9 Å². The van der Waals surface area contributed by atoms with E-state index in [0.717, 1.165) is 62.0 Å². The number of carbonyl (C=O) groups is 1. The van der Waals surface area contributed by atoms with E-state index in [1.165, 1.54) is 23.9 Å².